The van der Waals surface area contributed by atoms with Crippen molar-refractivity contribution < 1.29 is 9.53 Å². The van der Waals surface area contributed by atoms with Gasteiger partial charge in [-0.2, -0.15) is 0 Å². The van der Waals surface area contributed by atoms with Crippen molar-refractivity contribution in [3.05, 3.63) is 65.2 Å². The van der Waals surface area contributed by atoms with Gasteiger partial charge in [-0.25, -0.2) is 0 Å². The molecule has 1 fully saturated rings. The van der Waals surface area contributed by atoms with Gasteiger partial charge in [0.15, 0.2) is 0 Å². The summed E-state index contributed by atoms with van der Waals surface area (Å²) in [6.45, 7) is 5.30. The Labute approximate surface area is 172 Å². The molecular formula is C22H28ClN3O2. The Balaban J connectivity index is 1.53. The van der Waals surface area contributed by atoms with Gasteiger partial charge in [-0.05, 0) is 30.8 Å². The lowest BCUT2D eigenvalue weighted by Gasteiger charge is -2.35. The molecule has 1 amide bonds. The number of hydrogen-bond acceptors (Lipinski definition) is 4. The molecule has 1 atom stereocenters. The zero-order valence-corrected chi connectivity index (χ0v) is 17.1. The quantitative estimate of drug-likeness (QED) is 0.737. The van der Waals surface area contributed by atoms with Crippen molar-refractivity contribution in [2.45, 2.75) is 12.5 Å². The van der Waals surface area contributed by atoms with Crippen LogP contribution in [0.5, 0.6) is 5.75 Å². The summed E-state index contributed by atoms with van der Waals surface area (Å²) in [6, 6.07) is 17.4. The molecule has 1 aliphatic heterocycles. The Bertz CT molecular complexity index is 748. The van der Waals surface area contributed by atoms with Crippen LogP contribution in [0.25, 0.3) is 0 Å². The molecule has 1 unspecified atom stereocenters. The second kappa shape index (κ2) is 10.5. The second-order valence-corrected chi connectivity index (χ2v) is 7.63. The van der Waals surface area contributed by atoms with Gasteiger partial charge in [-0.1, -0.05) is 48.0 Å². The monoisotopic (exact) mass is 401 g/mol. The van der Waals surface area contributed by atoms with Gasteiger partial charge >= 0.3 is 0 Å². The second-order valence-electron chi connectivity index (χ2n) is 7.19. The fraction of sp³-hybridized carbons (Fsp3) is 0.409. The van der Waals surface area contributed by atoms with Crippen molar-refractivity contribution in [3.8, 4) is 5.75 Å². The Morgan fingerprint density at radius 2 is 1.86 bits per heavy atom. The van der Waals surface area contributed by atoms with Crippen molar-refractivity contribution in [1.29, 1.82) is 0 Å². The van der Waals surface area contributed by atoms with Crippen molar-refractivity contribution in [2.24, 2.45) is 0 Å². The third kappa shape index (κ3) is 6.51. The fourth-order valence-electron chi connectivity index (χ4n) is 3.29. The number of nitrogens with one attached hydrogen (secondary N) is 1. The summed E-state index contributed by atoms with van der Waals surface area (Å²) >= 11 is 5.96. The van der Waals surface area contributed by atoms with E-state index in [1.165, 1.54) is 0 Å². The van der Waals surface area contributed by atoms with E-state index in [2.05, 4.69) is 34.3 Å². The van der Waals surface area contributed by atoms with E-state index < -0.39 is 0 Å². The van der Waals surface area contributed by atoms with Crippen molar-refractivity contribution in [2.75, 3.05) is 46.4 Å². The maximum absolute atomic E-state index is 12.5. The Morgan fingerprint density at radius 3 is 2.57 bits per heavy atom. The molecule has 28 heavy (non-hydrogen) atoms. The fourth-order valence-corrected chi connectivity index (χ4v) is 3.47. The zero-order chi connectivity index (χ0) is 19.8. The predicted molar refractivity (Wildman–Crippen MR) is 113 cm³/mol. The molecule has 1 saturated heterocycles. The average molecular weight is 402 g/mol. The number of amides is 1. The molecule has 5 nitrogen and oxygen atoms in total. The lowest BCUT2D eigenvalue weighted by Crippen LogP contribution is -2.47. The van der Waals surface area contributed by atoms with Crippen LogP contribution in [0.4, 0.5) is 0 Å². The highest BCUT2D eigenvalue weighted by Gasteiger charge is 2.21. The van der Waals surface area contributed by atoms with E-state index in [1.54, 1.807) is 12.1 Å². The maximum atomic E-state index is 12.5. The smallest absolute Gasteiger partial charge is 0.223 e. The molecule has 6 heteroatoms. The third-order valence-corrected chi connectivity index (χ3v) is 5.20. The molecular weight excluding hydrogens is 374 g/mol. The van der Waals surface area contributed by atoms with Crippen LogP contribution in [0.15, 0.2) is 54.6 Å². The summed E-state index contributed by atoms with van der Waals surface area (Å²) in [5, 5.41) is 3.81. The lowest BCUT2D eigenvalue weighted by molar-refractivity contribution is -0.122. The van der Waals surface area contributed by atoms with Crippen LogP contribution >= 0.6 is 11.6 Å². The van der Waals surface area contributed by atoms with Gasteiger partial charge in [0.25, 0.3) is 0 Å². The van der Waals surface area contributed by atoms with E-state index in [0.717, 1.165) is 38.3 Å². The summed E-state index contributed by atoms with van der Waals surface area (Å²) in [5.41, 5.74) is 1.13. The lowest BCUT2D eigenvalue weighted by atomic mass is 10.1. The minimum absolute atomic E-state index is 0.00925. The Hall–Kier alpha value is -2.08. The molecule has 2 aromatic rings. The van der Waals surface area contributed by atoms with E-state index in [-0.39, 0.29) is 11.9 Å². The molecule has 0 aliphatic carbocycles. The van der Waals surface area contributed by atoms with E-state index in [9.17, 15) is 4.79 Å². The number of rotatable bonds is 8. The number of nitrogens with zero attached hydrogens (tertiary/aromatic N) is 2. The molecule has 150 valence electrons. The minimum atomic E-state index is -0.0247. The van der Waals surface area contributed by atoms with Gasteiger partial charge < -0.3 is 15.0 Å². The molecule has 0 bridgehead atoms. The van der Waals surface area contributed by atoms with Crippen LogP contribution in [0.1, 0.15) is 18.0 Å². The summed E-state index contributed by atoms with van der Waals surface area (Å²) in [7, 11) is 2.15. The highest BCUT2D eigenvalue weighted by atomic mass is 35.5. The van der Waals surface area contributed by atoms with Crippen LogP contribution in [0, 0.1) is 0 Å². The summed E-state index contributed by atoms with van der Waals surface area (Å²) in [4.78, 5) is 17.3. The summed E-state index contributed by atoms with van der Waals surface area (Å²) in [6.07, 6.45) is 0.304. The van der Waals surface area contributed by atoms with Gasteiger partial charge in [0.05, 0.1) is 19.1 Å². The van der Waals surface area contributed by atoms with Crippen LogP contribution in [-0.4, -0.2) is 62.1 Å². The van der Waals surface area contributed by atoms with Gasteiger partial charge in [0, 0.05) is 37.7 Å². The number of carbonyl (C=O) groups is 1. The highest BCUT2D eigenvalue weighted by Crippen LogP contribution is 2.18. The molecule has 1 heterocycles. The molecule has 1 N–H and O–H groups in total. The predicted octanol–water partition coefficient (Wildman–Crippen LogP) is 3.21. The van der Waals surface area contributed by atoms with Crippen LogP contribution in [-0.2, 0) is 4.79 Å². The van der Waals surface area contributed by atoms with Crippen molar-refractivity contribution in [1.82, 2.24) is 15.1 Å². The SMILES string of the molecule is CN1CCN(CC(NC(=O)CCOc2cccc(Cl)c2)c2ccccc2)CC1. The first-order valence-electron chi connectivity index (χ1n) is 9.74. The van der Waals surface area contributed by atoms with E-state index >= 15 is 0 Å². The number of ether oxygens (including phenoxy) is 1. The molecule has 0 spiro atoms. The average Bonchev–Trinajstić information content (AvgIpc) is 2.70. The number of hydrogen-bond donors (Lipinski definition) is 1. The Kier molecular flexibility index (Phi) is 7.71. The van der Waals surface area contributed by atoms with Gasteiger partial charge in [0.2, 0.25) is 5.91 Å². The van der Waals surface area contributed by atoms with Crippen LogP contribution < -0.4 is 10.1 Å². The van der Waals surface area contributed by atoms with Crippen LogP contribution in [0.2, 0.25) is 5.02 Å². The summed E-state index contributed by atoms with van der Waals surface area (Å²) < 4.78 is 5.65. The van der Waals surface area contributed by atoms with E-state index in [4.69, 9.17) is 16.3 Å². The van der Waals surface area contributed by atoms with Gasteiger partial charge in [-0.3, -0.25) is 9.69 Å². The first kappa shape index (κ1) is 20.6. The number of carbonyl (C=O) groups excluding carboxylic acids is 1. The van der Waals surface area contributed by atoms with E-state index in [0.29, 0.717) is 23.8 Å². The molecule has 0 saturated carbocycles. The molecule has 1 aliphatic rings. The highest BCUT2D eigenvalue weighted by molar-refractivity contribution is 6.30. The third-order valence-electron chi connectivity index (χ3n) is 4.97. The Morgan fingerprint density at radius 1 is 1.11 bits per heavy atom. The topological polar surface area (TPSA) is 44.8 Å². The van der Waals surface area contributed by atoms with Crippen molar-refractivity contribution in [3.63, 3.8) is 0 Å². The molecule has 0 radical (unpaired) electrons. The minimum Gasteiger partial charge on any atom is -0.493 e. The summed E-state index contributed by atoms with van der Waals surface area (Å²) in [5.74, 6) is 0.669. The number of piperazine rings is 1. The molecule has 0 aromatic heterocycles. The number of benzene rings is 2. The number of halogens is 1. The van der Waals surface area contributed by atoms with Crippen molar-refractivity contribution >= 4 is 17.5 Å². The number of likely N-dealkylation sites (N-methyl/N-ethyl adjacent to an activating group) is 1. The largest absolute Gasteiger partial charge is 0.493 e. The molecule has 2 aromatic carbocycles. The molecule has 3 rings (SSSR count). The zero-order valence-electron chi connectivity index (χ0n) is 16.3. The van der Waals surface area contributed by atoms with Crippen LogP contribution in [0.3, 0.4) is 0 Å². The maximum Gasteiger partial charge on any atom is 0.223 e. The van der Waals surface area contributed by atoms with Gasteiger partial charge in [0.1, 0.15) is 5.75 Å². The van der Waals surface area contributed by atoms with Gasteiger partial charge in [-0.15, -0.1) is 0 Å². The normalized spacial score (nSPS) is 16.5. The van der Waals surface area contributed by atoms with E-state index in [1.807, 2.05) is 30.3 Å². The first-order valence-corrected chi connectivity index (χ1v) is 10.1. The standard InChI is InChI=1S/C22H28ClN3O2/c1-25-11-13-26(14-12-25)17-21(18-6-3-2-4-7-18)24-22(27)10-15-28-20-9-5-8-19(23)16-20/h2-9,16,21H,10-15,17H2,1H3,(H,24,27). The first-order chi connectivity index (χ1) is 13.6.